The number of amides is 1. The van der Waals surface area contributed by atoms with Crippen molar-refractivity contribution in [3.05, 3.63) is 65.2 Å². The Morgan fingerprint density at radius 1 is 1.15 bits per heavy atom. The molecule has 0 aliphatic carbocycles. The summed E-state index contributed by atoms with van der Waals surface area (Å²) in [6, 6.07) is 12.6. The zero-order chi connectivity index (χ0) is 20.2. The van der Waals surface area contributed by atoms with E-state index in [0.717, 1.165) is 11.8 Å². The molecule has 1 atom stereocenters. The third-order valence-electron chi connectivity index (χ3n) is 4.06. The molecule has 2 aromatic carbocycles. The van der Waals surface area contributed by atoms with Crippen LogP contribution < -0.4 is 4.72 Å². The molecule has 0 fully saturated rings. The first-order chi connectivity index (χ1) is 12.6. The molecule has 0 aliphatic heterocycles. The van der Waals surface area contributed by atoms with Gasteiger partial charge in [-0.05, 0) is 37.1 Å². The van der Waals surface area contributed by atoms with Crippen LogP contribution in [-0.4, -0.2) is 42.6 Å². The average molecular weight is 390 g/mol. The fraction of sp³-hybridized carbons (Fsp3) is 0.263. The zero-order valence-corrected chi connectivity index (χ0v) is 16.2. The molecule has 0 aliphatic rings. The highest BCUT2D eigenvalue weighted by atomic mass is 32.2. The first-order valence-corrected chi connectivity index (χ1v) is 10.1. The molecule has 0 spiro atoms. The molecule has 27 heavy (non-hydrogen) atoms. The van der Waals surface area contributed by atoms with Crippen molar-refractivity contribution in [2.45, 2.75) is 26.4 Å². The molecule has 1 unspecified atom stereocenters. The Bertz CT molecular complexity index is 942. The monoisotopic (exact) mass is 390 g/mol. The molecule has 144 valence electrons. The number of carbonyl (C=O) groups is 2. The maximum Gasteiger partial charge on any atom is 0.326 e. The highest BCUT2D eigenvalue weighted by molar-refractivity contribution is 7.92. The largest absolute Gasteiger partial charge is 0.480 e. The van der Waals surface area contributed by atoms with Crippen molar-refractivity contribution in [1.82, 2.24) is 4.90 Å². The van der Waals surface area contributed by atoms with Gasteiger partial charge in [0.05, 0.1) is 11.9 Å². The Kier molecular flexibility index (Phi) is 6.22. The Hall–Kier alpha value is -2.87. The fourth-order valence-electron chi connectivity index (χ4n) is 2.53. The van der Waals surface area contributed by atoms with Crippen molar-refractivity contribution in [3.8, 4) is 0 Å². The Morgan fingerprint density at radius 2 is 1.78 bits per heavy atom. The number of anilines is 1. The third-order valence-corrected chi connectivity index (χ3v) is 4.65. The van der Waals surface area contributed by atoms with Crippen molar-refractivity contribution in [1.29, 1.82) is 0 Å². The number of rotatable bonds is 7. The molecule has 1 amide bonds. The summed E-state index contributed by atoms with van der Waals surface area (Å²) in [7, 11) is -3.51. The van der Waals surface area contributed by atoms with Crippen LogP contribution in [0.25, 0.3) is 0 Å². The molecule has 0 heterocycles. The van der Waals surface area contributed by atoms with Gasteiger partial charge in [0, 0.05) is 12.1 Å². The van der Waals surface area contributed by atoms with Crippen LogP contribution in [0.1, 0.15) is 28.4 Å². The van der Waals surface area contributed by atoms with E-state index in [4.69, 9.17) is 0 Å². The van der Waals surface area contributed by atoms with Gasteiger partial charge in [-0.25, -0.2) is 13.2 Å². The second kappa shape index (κ2) is 8.22. The van der Waals surface area contributed by atoms with Crippen LogP contribution in [-0.2, 0) is 21.4 Å². The first kappa shape index (κ1) is 20.4. The summed E-state index contributed by atoms with van der Waals surface area (Å²) < 4.78 is 25.4. The Labute approximate surface area is 158 Å². The maximum atomic E-state index is 13.0. The normalized spacial score (nSPS) is 12.3. The predicted molar refractivity (Wildman–Crippen MR) is 103 cm³/mol. The lowest BCUT2D eigenvalue weighted by Crippen LogP contribution is -2.42. The zero-order valence-electron chi connectivity index (χ0n) is 15.3. The Morgan fingerprint density at radius 3 is 2.33 bits per heavy atom. The Balaban J connectivity index is 2.39. The van der Waals surface area contributed by atoms with Crippen molar-refractivity contribution in [2.24, 2.45) is 0 Å². The van der Waals surface area contributed by atoms with E-state index in [2.05, 4.69) is 4.72 Å². The molecule has 0 bridgehead atoms. The summed E-state index contributed by atoms with van der Waals surface area (Å²) >= 11 is 0. The number of aliphatic carboxylic acids is 1. The van der Waals surface area contributed by atoms with Crippen LogP contribution in [0.3, 0.4) is 0 Å². The first-order valence-electron chi connectivity index (χ1n) is 8.24. The van der Waals surface area contributed by atoms with Gasteiger partial charge in [0.25, 0.3) is 5.91 Å². The standard InChI is InChI=1S/C19H22N2O5S/c1-13-9-10-16(11-17(13)20-27(3,25)26)18(22)21(14(2)19(23)24)12-15-7-5-4-6-8-15/h4-11,14,20H,12H2,1-3H3,(H,23,24). The van der Waals surface area contributed by atoms with Crippen LogP contribution in [0.15, 0.2) is 48.5 Å². The third kappa shape index (κ3) is 5.55. The van der Waals surface area contributed by atoms with Gasteiger partial charge in [-0.2, -0.15) is 0 Å². The SMILES string of the molecule is Cc1ccc(C(=O)N(Cc2ccccc2)C(C)C(=O)O)cc1NS(C)(=O)=O. The second-order valence-electron chi connectivity index (χ2n) is 6.34. The molecule has 0 aromatic heterocycles. The van der Waals surface area contributed by atoms with E-state index in [1.807, 2.05) is 18.2 Å². The van der Waals surface area contributed by atoms with Crippen molar-refractivity contribution in [2.75, 3.05) is 11.0 Å². The van der Waals surface area contributed by atoms with E-state index in [-0.39, 0.29) is 17.8 Å². The van der Waals surface area contributed by atoms with E-state index in [1.165, 1.54) is 17.9 Å². The molecule has 2 aromatic rings. The van der Waals surface area contributed by atoms with Crippen LogP contribution in [0, 0.1) is 6.92 Å². The molecule has 0 radical (unpaired) electrons. The van der Waals surface area contributed by atoms with Crippen molar-refractivity contribution >= 4 is 27.6 Å². The summed E-state index contributed by atoms with van der Waals surface area (Å²) in [6.45, 7) is 3.27. The molecule has 2 rings (SSSR count). The number of nitrogens with one attached hydrogen (secondary N) is 1. The van der Waals surface area contributed by atoms with Crippen molar-refractivity contribution in [3.63, 3.8) is 0 Å². The molecule has 8 heteroatoms. The molecule has 7 nitrogen and oxygen atoms in total. The number of carbonyl (C=O) groups excluding carboxylic acids is 1. The van der Waals surface area contributed by atoms with Crippen LogP contribution in [0.4, 0.5) is 5.69 Å². The van der Waals surface area contributed by atoms with Crippen molar-refractivity contribution < 1.29 is 23.1 Å². The van der Waals surface area contributed by atoms with Gasteiger partial charge >= 0.3 is 5.97 Å². The van der Waals surface area contributed by atoms with Gasteiger partial charge in [-0.15, -0.1) is 0 Å². The van der Waals surface area contributed by atoms with Crippen LogP contribution >= 0.6 is 0 Å². The summed E-state index contributed by atoms with van der Waals surface area (Å²) in [4.78, 5) is 25.7. The summed E-state index contributed by atoms with van der Waals surface area (Å²) in [5, 5.41) is 9.39. The second-order valence-corrected chi connectivity index (χ2v) is 8.09. The van der Waals surface area contributed by atoms with Gasteiger partial charge in [0.15, 0.2) is 0 Å². The van der Waals surface area contributed by atoms with Gasteiger partial charge in [-0.3, -0.25) is 9.52 Å². The minimum absolute atomic E-state index is 0.121. The summed E-state index contributed by atoms with van der Waals surface area (Å²) in [6.07, 6.45) is 1.02. The topological polar surface area (TPSA) is 104 Å². The lowest BCUT2D eigenvalue weighted by atomic mass is 10.1. The molecule has 0 saturated carbocycles. The molecular formula is C19H22N2O5S. The lowest BCUT2D eigenvalue weighted by molar-refractivity contribution is -0.141. The number of nitrogens with zero attached hydrogens (tertiary/aromatic N) is 1. The minimum Gasteiger partial charge on any atom is -0.480 e. The number of carboxylic acid groups (broad SMARTS) is 1. The van der Waals surface area contributed by atoms with E-state index in [1.54, 1.807) is 31.2 Å². The summed E-state index contributed by atoms with van der Waals surface area (Å²) in [5.41, 5.74) is 1.93. The summed E-state index contributed by atoms with van der Waals surface area (Å²) in [5.74, 6) is -1.62. The van der Waals surface area contributed by atoms with E-state index in [9.17, 15) is 23.1 Å². The predicted octanol–water partition coefficient (Wildman–Crippen LogP) is 2.48. The number of hydrogen-bond acceptors (Lipinski definition) is 4. The quantitative estimate of drug-likeness (QED) is 0.756. The van der Waals surface area contributed by atoms with E-state index >= 15 is 0 Å². The number of sulfonamides is 1. The highest BCUT2D eigenvalue weighted by Gasteiger charge is 2.27. The molecule has 0 saturated heterocycles. The van der Waals surface area contributed by atoms with Gasteiger partial charge in [-0.1, -0.05) is 36.4 Å². The average Bonchev–Trinajstić information content (AvgIpc) is 2.60. The van der Waals surface area contributed by atoms with Gasteiger partial charge < -0.3 is 10.0 Å². The van der Waals surface area contributed by atoms with E-state index < -0.39 is 27.9 Å². The van der Waals surface area contributed by atoms with Gasteiger partial charge in [0.2, 0.25) is 10.0 Å². The number of benzene rings is 2. The van der Waals surface area contributed by atoms with E-state index in [0.29, 0.717) is 5.56 Å². The number of hydrogen-bond donors (Lipinski definition) is 2. The van der Waals surface area contributed by atoms with Crippen LogP contribution in [0.5, 0.6) is 0 Å². The minimum atomic E-state index is -3.51. The number of aryl methyl sites for hydroxylation is 1. The molecule has 2 N–H and O–H groups in total. The van der Waals surface area contributed by atoms with Crippen LogP contribution in [0.2, 0.25) is 0 Å². The fourth-order valence-corrected chi connectivity index (χ4v) is 3.15. The lowest BCUT2D eigenvalue weighted by Gasteiger charge is -2.27. The smallest absolute Gasteiger partial charge is 0.326 e. The highest BCUT2D eigenvalue weighted by Crippen LogP contribution is 2.21. The molecular weight excluding hydrogens is 368 g/mol. The van der Waals surface area contributed by atoms with Gasteiger partial charge in [0.1, 0.15) is 6.04 Å². The number of carboxylic acids is 1. The maximum absolute atomic E-state index is 13.0.